The summed E-state index contributed by atoms with van der Waals surface area (Å²) in [5.74, 6) is 0.844. The van der Waals surface area contributed by atoms with E-state index < -0.39 is 6.69 Å². The van der Waals surface area contributed by atoms with Crippen molar-refractivity contribution < 1.29 is 0 Å². The van der Waals surface area contributed by atoms with Crippen LogP contribution in [0, 0.1) is 0 Å². The van der Waals surface area contributed by atoms with E-state index in [1.165, 1.54) is 231 Å². The van der Waals surface area contributed by atoms with Crippen molar-refractivity contribution in [2.45, 2.75) is 244 Å². The Labute approximate surface area is 288 Å². The van der Waals surface area contributed by atoms with E-state index in [4.69, 9.17) is 33.8 Å². The van der Waals surface area contributed by atoms with Crippen LogP contribution in [-0.2, 0) is 0 Å². The van der Waals surface area contributed by atoms with Crippen molar-refractivity contribution >= 4 is 40.5 Å². The Morgan fingerprint density at radius 3 is 0.535 bits per heavy atom. The predicted molar refractivity (Wildman–Crippen MR) is 205 cm³/mol. The average Bonchev–Trinajstić information content (AvgIpc) is 2.98. The summed E-state index contributed by atoms with van der Waals surface area (Å²) >= 11 is 18.1. The summed E-state index contributed by atoms with van der Waals surface area (Å²) in [5.41, 5.74) is 0. The number of halogens is 3. The molecule has 0 fully saturated rings. The summed E-state index contributed by atoms with van der Waals surface area (Å²) in [5, 5.41) is 0. The summed E-state index contributed by atoms with van der Waals surface area (Å²) < 4.78 is 0. The largest absolute Gasteiger partial charge is 0.248 e. The van der Waals surface area contributed by atoms with Gasteiger partial charge in [-0.15, -0.1) is 33.8 Å². The first-order valence-electron chi connectivity index (χ1n) is 20.0. The van der Waals surface area contributed by atoms with Crippen molar-refractivity contribution in [1.29, 1.82) is 0 Å². The maximum atomic E-state index is 6.17. The Kier molecular flexibility index (Phi) is 38.5. The molecule has 0 atom stereocenters. The van der Waals surface area contributed by atoms with Crippen LogP contribution in [-0.4, -0.2) is 12.6 Å². The fourth-order valence-electron chi connectivity index (χ4n) is 6.54. The highest BCUT2D eigenvalue weighted by atomic mass is 35.7. The molecule has 0 aromatic rings. The molecule has 0 aliphatic heterocycles. The average molecular weight is 683 g/mol. The quantitative estimate of drug-likeness (QED) is 0.0263. The standard InChI is InChI=1S/C39H79Cl3Si/c1-43(41,42)39-37-35-33-31-29-27-25-23-21-19-17-15-13-11-9-7-5-3-2-4-6-8-10-12-14-16-18-20-22-24-26-28-30-32-34-36-38-40/h2-39H2,1H3. The van der Waals surface area contributed by atoms with Crippen LogP contribution >= 0.6 is 33.8 Å². The Bertz CT molecular complexity index is 493. The molecule has 0 unspecified atom stereocenters. The van der Waals surface area contributed by atoms with Crippen LogP contribution in [0.4, 0.5) is 0 Å². The molecular formula is C39H79Cl3Si. The molecule has 0 heterocycles. The topological polar surface area (TPSA) is 0 Å². The van der Waals surface area contributed by atoms with Crippen LogP contribution < -0.4 is 0 Å². The molecule has 43 heavy (non-hydrogen) atoms. The van der Waals surface area contributed by atoms with Crippen LogP contribution in [0.25, 0.3) is 0 Å². The predicted octanol–water partition coefficient (Wildman–Crippen LogP) is 16.8. The van der Waals surface area contributed by atoms with E-state index in [1.807, 2.05) is 6.55 Å². The molecule has 0 bridgehead atoms. The zero-order valence-electron chi connectivity index (χ0n) is 29.5. The molecule has 0 saturated carbocycles. The summed E-state index contributed by atoms with van der Waals surface area (Å²) in [6.07, 6.45) is 51.9. The van der Waals surface area contributed by atoms with Gasteiger partial charge in [0.1, 0.15) is 0 Å². The molecule has 4 heteroatoms. The lowest BCUT2D eigenvalue weighted by molar-refractivity contribution is 0.510. The van der Waals surface area contributed by atoms with Crippen LogP contribution in [0.2, 0.25) is 12.6 Å². The van der Waals surface area contributed by atoms with Crippen molar-refractivity contribution in [3.05, 3.63) is 0 Å². The van der Waals surface area contributed by atoms with Gasteiger partial charge in [-0.1, -0.05) is 225 Å². The smallest absolute Gasteiger partial charge is 0.146 e. The van der Waals surface area contributed by atoms with Gasteiger partial charge in [-0.05, 0) is 19.0 Å². The van der Waals surface area contributed by atoms with Gasteiger partial charge in [-0.3, -0.25) is 0 Å². The van der Waals surface area contributed by atoms with Gasteiger partial charge in [0.05, 0.1) is 0 Å². The SMILES string of the molecule is C[Si](Cl)(Cl)CCCCCCCCCCCCCCCCCCCCCCCCCCCCCCCCCCCCCCCl. The van der Waals surface area contributed by atoms with Crippen molar-refractivity contribution in [2.75, 3.05) is 5.88 Å². The first-order valence-corrected chi connectivity index (χ1v) is 25.3. The third-order valence-corrected chi connectivity index (χ3v) is 12.1. The molecule has 0 saturated heterocycles. The highest BCUT2D eigenvalue weighted by molar-refractivity contribution is 7.44. The van der Waals surface area contributed by atoms with Gasteiger partial charge in [0.2, 0.25) is 6.69 Å². The first-order chi connectivity index (χ1) is 21.1. The Balaban J connectivity index is 3.05. The number of alkyl halides is 1. The molecule has 0 spiro atoms. The van der Waals surface area contributed by atoms with Crippen molar-refractivity contribution in [1.82, 2.24) is 0 Å². The molecule has 0 radical (unpaired) electrons. The van der Waals surface area contributed by atoms with E-state index in [0.717, 1.165) is 11.9 Å². The van der Waals surface area contributed by atoms with Gasteiger partial charge >= 0.3 is 0 Å². The summed E-state index contributed by atoms with van der Waals surface area (Å²) in [6, 6.07) is 1.06. The third-order valence-electron chi connectivity index (χ3n) is 9.50. The van der Waals surface area contributed by atoms with Crippen LogP contribution in [0.1, 0.15) is 231 Å². The fraction of sp³-hybridized carbons (Fsp3) is 1.00. The van der Waals surface area contributed by atoms with Gasteiger partial charge in [0.25, 0.3) is 0 Å². The lowest BCUT2D eigenvalue weighted by Gasteiger charge is -2.09. The van der Waals surface area contributed by atoms with Gasteiger partial charge in [-0.25, -0.2) is 0 Å². The van der Waals surface area contributed by atoms with E-state index in [2.05, 4.69) is 0 Å². The molecular weight excluding hydrogens is 603 g/mol. The number of unbranched alkanes of at least 4 members (excludes halogenated alkanes) is 35. The van der Waals surface area contributed by atoms with Gasteiger partial charge in [0.15, 0.2) is 0 Å². The van der Waals surface area contributed by atoms with Gasteiger partial charge < -0.3 is 0 Å². The maximum absolute atomic E-state index is 6.17. The number of rotatable bonds is 38. The minimum atomic E-state index is -1.84. The van der Waals surface area contributed by atoms with Crippen molar-refractivity contribution in [3.8, 4) is 0 Å². The van der Waals surface area contributed by atoms with E-state index >= 15 is 0 Å². The highest BCUT2D eigenvalue weighted by Gasteiger charge is 2.19. The Morgan fingerprint density at radius 1 is 0.256 bits per heavy atom. The monoisotopic (exact) mass is 681 g/mol. The maximum Gasteiger partial charge on any atom is 0.248 e. The highest BCUT2D eigenvalue weighted by Crippen LogP contribution is 2.23. The minimum absolute atomic E-state index is 0.844. The number of hydrogen-bond donors (Lipinski definition) is 0. The lowest BCUT2D eigenvalue weighted by Crippen LogP contribution is -2.11. The summed E-state index contributed by atoms with van der Waals surface area (Å²) in [6.45, 7) is 0.200. The molecule has 0 aliphatic rings. The third kappa shape index (κ3) is 43.1. The zero-order valence-corrected chi connectivity index (χ0v) is 32.8. The van der Waals surface area contributed by atoms with E-state index in [9.17, 15) is 0 Å². The van der Waals surface area contributed by atoms with Gasteiger partial charge in [-0.2, -0.15) is 0 Å². The van der Waals surface area contributed by atoms with Gasteiger partial charge in [0, 0.05) is 5.88 Å². The normalized spacial score (nSPS) is 12.0. The summed E-state index contributed by atoms with van der Waals surface area (Å²) in [4.78, 5) is 0. The van der Waals surface area contributed by atoms with Crippen LogP contribution in [0.5, 0.6) is 0 Å². The van der Waals surface area contributed by atoms with Crippen LogP contribution in [0.15, 0.2) is 0 Å². The van der Waals surface area contributed by atoms with E-state index in [-0.39, 0.29) is 0 Å². The molecule has 0 aromatic heterocycles. The first kappa shape index (κ1) is 44.1. The second kappa shape index (κ2) is 37.5. The zero-order chi connectivity index (χ0) is 31.4. The fourth-order valence-corrected chi connectivity index (χ4v) is 8.40. The number of hydrogen-bond acceptors (Lipinski definition) is 0. The van der Waals surface area contributed by atoms with Crippen molar-refractivity contribution in [2.24, 2.45) is 0 Å². The van der Waals surface area contributed by atoms with Crippen LogP contribution in [0.3, 0.4) is 0 Å². The molecule has 0 aromatic carbocycles. The van der Waals surface area contributed by atoms with E-state index in [0.29, 0.717) is 0 Å². The molecule has 0 N–H and O–H groups in total. The van der Waals surface area contributed by atoms with Crippen molar-refractivity contribution in [3.63, 3.8) is 0 Å². The lowest BCUT2D eigenvalue weighted by atomic mass is 10.0. The van der Waals surface area contributed by atoms with E-state index in [1.54, 1.807) is 0 Å². The molecule has 0 aliphatic carbocycles. The Morgan fingerprint density at radius 2 is 0.395 bits per heavy atom. The second-order valence-electron chi connectivity index (χ2n) is 14.2. The Hall–Kier alpha value is 1.09. The molecule has 0 amide bonds. The second-order valence-corrected chi connectivity index (χ2v) is 22.8. The molecule has 260 valence electrons. The summed E-state index contributed by atoms with van der Waals surface area (Å²) in [7, 11) is 0. The minimum Gasteiger partial charge on any atom is -0.146 e. The molecule has 0 rings (SSSR count). The molecule has 0 nitrogen and oxygen atoms in total.